The number of carbonyl (C=O) groups is 1. The maximum atomic E-state index is 11.4. The molecule has 2 aliphatic rings. The van der Waals surface area contributed by atoms with Crippen molar-refractivity contribution in [1.82, 2.24) is 0 Å². The molecule has 0 spiro atoms. The molecule has 0 amide bonds. The summed E-state index contributed by atoms with van der Waals surface area (Å²) >= 11 is 0. The first-order chi connectivity index (χ1) is 5.79. The van der Waals surface area contributed by atoms with Gasteiger partial charge >= 0.3 is 0 Å². The van der Waals surface area contributed by atoms with Crippen LogP contribution in [0.4, 0.5) is 0 Å². The lowest BCUT2D eigenvalue weighted by Gasteiger charge is -2.07. The van der Waals surface area contributed by atoms with Crippen molar-refractivity contribution < 1.29 is 4.79 Å². The fourth-order valence-corrected chi connectivity index (χ4v) is 2.52. The Morgan fingerprint density at radius 1 is 1.17 bits per heavy atom. The summed E-state index contributed by atoms with van der Waals surface area (Å²) in [4.78, 5) is 11.4. The molecule has 0 N–H and O–H groups in total. The monoisotopic (exact) mass is 164 g/mol. The van der Waals surface area contributed by atoms with Gasteiger partial charge in [-0.15, -0.1) is 0 Å². The highest BCUT2D eigenvalue weighted by Gasteiger charge is 2.26. The number of carbonyl (C=O) groups excluding carboxylic acids is 1. The van der Waals surface area contributed by atoms with Crippen molar-refractivity contribution in [3.05, 3.63) is 11.1 Å². The fraction of sp³-hybridized carbons (Fsp3) is 0.727. The number of rotatable bonds is 0. The predicted molar refractivity (Wildman–Crippen MR) is 48.9 cm³/mol. The first kappa shape index (κ1) is 8.03. The molecule has 1 atom stereocenters. The van der Waals surface area contributed by atoms with Crippen molar-refractivity contribution in [1.29, 1.82) is 0 Å². The van der Waals surface area contributed by atoms with Gasteiger partial charge in [-0.3, -0.25) is 4.79 Å². The summed E-state index contributed by atoms with van der Waals surface area (Å²) in [6.07, 6.45) is 6.77. The maximum absolute atomic E-state index is 11.4. The lowest BCUT2D eigenvalue weighted by molar-refractivity contribution is -0.114. The quantitative estimate of drug-likeness (QED) is 0.503. The molecule has 2 aliphatic carbocycles. The Bertz CT molecular complexity index is 237. The van der Waals surface area contributed by atoms with Crippen molar-refractivity contribution in [2.45, 2.75) is 45.4 Å². The normalized spacial score (nSPS) is 36.4. The Balaban J connectivity index is 2.28. The molecule has 1 heteroatoms. The highest BCUT2D eigenvalue weighted by molar-refractivity contribution is 5.98. The highest BCUT2D eigenvalue weighted by atomic mass is 16.1. The van der Waals surface area contributed by atoms with E-state index < -0.39 is 0 Å². The van der Waals surface area contributed by atoms with Crippen LogP contribution < -0.4 is 0 Å². The van der Waals surface area contributed by atoms with Gasteiger partial charge in [-0.2, -0.15) is 0 Å². The van der Waals surface area contributed by atoms with Crippen LogP contribution in [0, 0.1) is 5.92 Å². The SMILES string of the molecule is CC1CCC/C1=C1/CCCC1=O. The standard InChI is InChI=1S/C11H16O/c1-8-4-2-5-9(8)10-6-3-7-11(10)12/h8H,2-7H2,1H3/b10-9+. The number of allylic oxidation sites excluding steroid dienone is 2. The van der Waals surface area contributed by atoms with E-state index in [1.165, 1.54) is 30.4 Å². The Hall–Kier alpha value is -0.590. The van der Waals surface area contributed by atoms with Crippen LogP contribution >= 0.6 is 0 Å². The molecule has 0 aliphatic heterocycles. The molecule has 0 radical (unpaired) electrons. The van der Waals surface area contributed by atoms with Gasteiger partial charge in [0.15, 0.2) is 5.78 Å². The fourth-order valence-electron chi connectivity index (χ4n) is 2.52. The summed E-state index contributed by atoms with van der Waals surface area (Å²) in [5.74, 6) is 1.14. The molecule has 2 rings (SSSR count). The van der Waals surface area contributed by atoms with Crippen molar-refractivity contribution in [3.8, 4) is 0 Å². The van der Waals surface area contributed by atoms with Crippen LogP contribution in [0.3, 0.4) is 0 Å². The van der Waals surface area contributed by atoms with Gasteiger partial charge in [-0.1, -0.05) is 12.5 Å². The highest BCUT2D eigenvalue weighted by Crippen LogP contribution is 2.37. The molecule has 66 valence electrons. The molecule has 1 nitrogen and oxygen atoms in total. The van der Waals surface area contributed by atoms with E-state index in [2.05, 4.69) is 6.92 Å². The zero-order valence-electron chi connectivity index (χ0n) is 7.73. The van der Waals surface area contributed by atoms with E-state index in [0.717, 1.165) is 19.3 Å². The molecule has 0 aromatic heterocycles. The maximum Gasteiger partial charge on any atom is 0.158 e. The topological polar surface area (TPSA) is 17.1 Å². The van der Waals surface area contributed by atoms with Crippen molar-refractivity contribution >= 4 is 5.78 Å². The van der Waals surface area contributed by atoms with Gasteiger partial charge in [-0.05, 0) is 43.6 Å². The first-order valence-corrected chi connectivity index (χ1v) is 5.04. The Morgan fingerprint density at radius 2 is 2.00 bits per heavy atom. The van der Waals surface area contributed by atoms with E-state index in [9.17, 15) is 4.79 Å². The van der Waals surface area contributed by atoms with Crippen LogP contribution in [-0.2, 0) is 4.79 Å². The zero-order chi connectivity index (χ0) is 8.55. The third-order valence-electron chi connectivity index (χ3n) is 3.23. The minimum absolute atomic E-state index is 0.443. The summed E-state index contributed by atoms with van der Waals surface area (Å²) in [6, 6.07) is 0. The summed E-state index contributed by atoms with van der Waals surface area (Å²) in [6.45, 7) is 2.26. The molecule has 2 fully saturated rings. The molecule has 1 unspecified atom stereocenters. The molecule has 0 bridgehead atoms. The average molecular weight is 164 g/mol. The van der Waals surface area contributed by atoms with Gasteiger partial charge in [-0.25, -0.2) is 0 Å². The second kappa shape index (κ2) is 3.04. The Labute approximate surface area is 73.8 Å². The van der Waals surface area contributed by atoms with Gasteiger partial charge in [0.1, 0.15) is 0 Å². The van der Waals surface area contributed by atoms with E-state index in [4.69, 9.17) is 0 Å². The number of hydrogen-bond acceptors (Lipinski definition) is 1. The average Bonchev–Trinajstić information content (AvgIpc) is 2.59. The lowest BCUT2D eigenvalue weighted by Crippen LogP contribution is -2.00. The van der Waals surface area contributed by atoms with Crippen molar-refractivity contribution in [2.24, 2.45) is 5.92 Å². The minimum atomic E-state index is 0.443. The molecule has 0 aromatic carbocycles. The third-order valence-corrected chi connectivity index (χ3v) is 3.23. The lowest BCUT2D eigenvalue weighted by atomic mass is 9.97. The smallest absolute Gasteiger partial charge is 0.158 e. The molecular weight excluding hydrogens is 148 g/mol. The second-order valence-corrected chi connectivity index (χ2v) is 4.07. The van der Waals surface area contributed by atoms with Crippen LogP contribution in [0.1, 0.15) is 45.4 Å². The molecule has 0 aromatic rings. The van der Waals surface area contributed by atoms with E-state index in [1.807, 2.05) is 0 Å². The van der Waals surface area contributed by atoms with Gasteiger partial charge < -0.3 is 0 Å². The molecule has 12 heavy (non-hydrogen) atoms. The van der Waals surface area contributed by atoms with Crippen LogP contribution in [0.15, 0.2) is 11.1 Å². The summed E-state index contributed by atoms with van der Waals surface area (Å²) < 4.78 is 0. The largest absolute Gasteiger partial charge is 0.295 e. The second-order valence-electron chi connectivity index (χ2n) is 4.07. The van der Waals surface area contributed by atoms with Crippen LogP contribution in [0.25, 0.3) is 0 Å². The summed E-state index contributed by atoms with van der Waals surface area (Å²) in [7, 11) is 0. The molecule has 0 saturated heterocycles. The number of Topliss-reactive ketones (excluding diaryl/α,β-unsaturated/α-hetero) is 1. The van der Waals surface area contributed by atoms with Gasteiger partial charge in [0.05, 0.1) is 0 Å². The Kier molecular flexibility index (Phi) is 2.03. The number of hydrogen-bond donors (Lipinski definition) is 0. The van der Waals surface area contributed by atoms with Gasteiger partial charge in [0.2, 0.25) is 0 Å². The summed E-state index contributed by atoms with van der Waals surface area (Å²) in [5.41, 5.74) is 2.71. The van der Waals surface area contributed by atoms with E-state index in [0.29, 0.717) is 11.7 Å². The zero-order valence-corrected chi connectivity index (χ0v) is 7.73. The summed E-state index contributed by atoms with van der Waals surface area (Å²) in [5, 5.41) is 0. The van der Waals surface area contributed by atoms with Crippen molar-refractivity contribution in [2.75, 3.05) is 0 Å². The third kappa shape index (κ3) is 1.21. The molecular formula is C11H16O. The van der Waals surface area contributed by atoms with E-state index in [1.54, 1.807) is 0 Å². The van der Waals surface area contributed by atoms with Crippen LogP contribution in [0.5, 0.6) is 0 Å². The van der Waals surface area contributed by atoms with Crippen LogP contribution in [-0.4, -0.2) is 5.78 Å². The van der Waals surface area contributed by atoms with Gasteiger partial charge in [0.25, 0.3) is 0 Å². The Morgan fingerprint density at radius 3 is 2.50 bits per heavy atom. The number of ketones is 1. The first-order valence-electron chi connectivity index (χ1n) is 5.04. The van der Waals surface area contributed by atoms with Gasteiger partial charge in [0, 0.05) is 6.42 Å². The van der Waals surface area contributed by atoms with E-state index >= 15 is 0 Å². The van der Waals surface area contributed by atoms with Crippen molar-refractivity contribution in [3.63, 3.8) is 0 Å². The van der Waals surface area contributed by atoms with E-state index in [-0.39, 0.29) is 0 Å². The minimum Gasteiger partial charge on any atom is -0.295 e. The van der Waals surface area contributed by atoms with Crippen LogP contribution in [0.2, 0.25) is 0 Å². The molecule has 2 saturated carbocycles. The predicted octanol–water partition coefficient (Wildman–Crippen LogP) is 2.86. The molecule has 0 heterocycles.